The first kappa shape index (κ1) is 17.5. The van der Waals surface area contributed by atoms with Crippen LogP contribution >= 0.6 is 0 Å². The fourth-order valence-corrected chi connectivity index (χ4v) is 2.99. The highest BCUT2D eigenvalue weighted by atomic mass is 16.3. The molecular formula is C18H26N2O3. The molecule has 23 heavy (non-hydrogen) atoms. The standard InChI is InChI=1S/C18H26N2O3/c1-2-16(10-12-21)19-17(22)15-9-6-11-20(13-15)18(23)14-7-4-3-5-8-14/h3-5,7-8,15-16,21H,2,6,9-13H2,1H3,(H,19,22). The summed E-state index contributed by atoms with van der Waals surface area (Å²) >= 11 is 0. The number of piperidine rings is 1. The molecule has 0 bridgehead atoms. The maximum absolute atomic E-state index is 12.5. The highest BCUT2D eigenvalue weighted by Crippen LogP contribution is 2.19. The number of nitrogens with zero attached hydrogens (tertiary/aromatic N) is 1. The predicted molar refractivity (Wildman–Crippen MR) is 89.0 cm³/mol. The van der Waals surface area contributed by atoms with Gasteiger partial charge >= 0.3 is 0 Å². The largest absolute Gasteiger partial charge is 0.396 e. The molecule has 2 unspecified atom stereocenters. The Balaban J connectivity index is 1.95. The van der Waals surface area contributed by atoms with Gasteiger partial charge in [0.1, 0.15) is 0 Å². The number of hydrogen-bond donors (Lipinski definition) is 2. The van der Waals surface area contributed by atoms with Crippen LogP contribution in [0.25, 0.3) is 0 Å². The topological polar surface area (TPSA) is 69.6 Å². The molecule has 1 aliphatic heterocycles. The van der Waals surface area contributed by atoms with Gasteiger partial charge in [-0.2, -0.15) is 0 Å². The molecule has 0 aliphatic carbocycles. The molecule has 2 amide bonds. The van der Waals surface area contributed by atoms with Gasteiger partial charge in [0, 0.05) is 31.3 Å². The zero-order chi connectivity index (χ0) is 16.7. The molecule has 1 heterocycles. The van der Waals surface area contributed by atoms with Crippen molar-refractivity contribution < 1.29 is 14.7 Å². The van der Waals surface area contributed by atoms with Crippen LogP contribution in [0.1, 0.15) is 43.0 Å². The molecule has 2 atom stereocenters. The van der Waals surface area contributed by atoms with Gasteiger partial charge in [-0.05, 0) is 37.8 Å². The van der Waals surface area contributed by atoms with Crippen LogP contribution < -0.4 is 5.32 Å². The maximum Gasteiger partial charge on any atom is 0.253 e. The summed E-state index contributed by atoms with van der Waals surface area (Å²) in [6.45, 7) is 3.23. The van der Waals surface area contributed by atoms with E-state index in [1.807, 2.05) is 25.1 Å². The molecule has 1 aliphatic rings. The van der Waals surface area contributed by atoms with E-state index in [2.05, 4.69) is 5.32 Å². The third-order valence-corrected chi connectivity index (χ3v) is 4.42. The third kappa shape index (κ3) is 4.79. The van der Waals surface area contributed by atoms with E-state index < -0.39 is 0 Å². The fourth-order valence-electron chi connectivity index (χ4n) is 2.99. The number of benzene rings is 1. The van der Waals surface area contributed by atoms with E-state index in [1.54, 1.807) is 17.0 Å². The Morgan fingerprint density at radius 1 is 1.35 bits per heavy atom. The van der Waals surface area contributed by atoms with Gasteiger partial charge in [0.05, 0.1) is 5.92 Å². The van der Waals surface area contributed by atoms with Crippen molar-refractivity contribution >= 4 is 11.8 Å². The molecule has 126 valence electrons. The lowest BCUT2D eigenvalue weighted by Gasteiger charge is -2.33. The van der Waals surface area contributed by atoms with Crippen molar-refractivity contribution in [1.82, 2.24) is 10.2 Å². The van der Waals surface area contributed by atoms with E-state index in [4.69, 9.17) is 5.11 Å². The maximum atomic E-state index is 12.5. The highest BCUT2D eigenvalue weighted by Gasteiger charge is 2.29. The Bertz CT molecular complexity index is 518. The quantitative estimate of drug-likeness (QED) is 0.840. The van der Waals surface area contributed by atoms with Gasteiger partial charge in [0.25, 0.3) is 5.91 Å². The monoisotopic (exact) mass is 318 g/mol. The van der Waals surface area contributed by atoms with Crippen LogP contribution in [0, 0.1) is 5.92 Å². The Hall–Kier alpha value is -1.88. The second-order valence-corrected chi connectivity index (χ2v) is 6.08. The van der Waals surface area contributed by atoms with Crippen LogP contribution in [0.2, 0.25) is 0 Å². The zero-order valence-corrected chi connectivity index (χ0v) is 13.7. The SMILES string of the molecule is CCC(CCO)NC(=O)C1CCCN(C(=O)c2ccccc2)C1. The van der Waals surface area contributed by atoms with Crippen LogP contribution in [0.3, 0.4) is 0 Å². The van der Waals surface area contributed by atoms with Gasteiger partial charge in [0.2, 0.25) is 5.91 Å². The molecule has 1 aromatic rings. The predicted octanol–water partition coefficient (Wildman–Crippen LogP) is 1.82. The third-order valence-electron chi connectivity index (χ3n) is 4.42. The summed E-state index contributed by atoms with van der Waals surface area (Å²) in [5, 5.41) is 12.0. The van der Waals surface area contributed by atoms with Crippen LogP contribution in [0.15, 0.2) is 30.3 Å². The summed E-state index contributed by atoms with van der Waals surface area (Å²) in [6.07, 6.45) is 3.01. The van der Waals surface area contributed by atoms with Gasteiger partial charge in [-0.15, -0.1) is 0 Å². The average molecular weight is 318 g/mol. The molecule has 1 fully saturated rings. The lowest BCUT2D eigenvalue weighted by Crippen LogP contribution is -2.47. The number of aliphatic hydroxyl groups excluding tert-OH is 1. The van der Waals surface area contributed by atoms with E-state index >= 15 is 0 Å². The van der Waals surface area contributed by atoms with Crippen molar-refractivity contribution in [2.24, 2.45) is 5.92 Å². The number of rotatable bonds is 6. The molecule has 0 spiro atoms. The molecule has 0 radical (unpaired) electrons. The van der Waals surface area contributed by atoms with Crippen molar-refractivity contribution in [1.29, 1.82) is 0 Å². The lowest BCUT2D eigenvalue weighted by atomic mass is 9.95. The minimum absolute atomic E-state index is 0.00383. The smallest absolute Gasteiger partial charge is 0.253 e. The van der Waals surface area contributed by atoms with Gasteiger partial charge in [-0.3, -0.25) is 9.59 Å². The van der Waals surface area contributed by atoms with Crippen LogP contribution in [-0.2, 0) is 4.79 Å². The first-order valence-corrected chi connectivity index (χ1v) is 8.41. The summed E-state index contributed by atoms with van der Waals surface area (Å²) < 4.78 is 0. The zero-order valence-electron chi connectivity index (χ0n) is 13.7. The molecule has 2 N–H and O–H groups in total. The second-order valence-electron chi connectivity index (χ2n) is 6.08. The van der Waals surface area contributed by atoms with Gasteiger partial charge < -0.3 is 15.3 Å². The Morgan fingerprint density at radius 3 is 2.74 bits per heavy atom. The van der Waals surface area contributed by atoms with Gasteiger partial charge in [-0.1, -0.05) is 25.1 Å². The fraction of sp³-hybridized carbons (Fsp3) is 0.556. The Kier molecular flexibility index (Phi) is 6.59. The summed E-state index contributed by atoms with van der Waals surface area (Å²) in [6, 6.07) is 9.20. The molecule has 1 aromatic carbocycles. The Labute approximate surface area is 137 Å². The number of likely N-dealkylation sites (tertiary alicyclic amines) is 1. The number of nitrogens with one attached hydrogen (secondary N) is 1. The normalized spacial score (nSPS) is 19.2. The van der Waals surface area contributed by atoms with Crippen molar-refractivity contribution in [3.63, 3.8) is 0 Å². The lowest BCUT2D eigenvalue weighted by molar-refractivity contribution is -0.127. The molecule has 1 saturated heterocycles. The molecule has 0 saturated carbocycles. The van der Waals surface area contributed by atoms with Crippen molar-refractivity contribution in [2.45, 2.75) is 38.6 Å². The molecule has 5 nitrogen and oxygen atoms in total. The average Bonchev–Trinajstić information content (AvgIpc) is 2.61. The van der Waals surface area contributed by atoms with E-state index in [1.165, 1.54) is 0 Å². The van der Waals surface area contributed by atoms with Gasteiger partial charge in [-0.25, -0.2) is 0 Å². The van der Waals surface area contributed by atoms with E-state index in [-0.39, 0.29) is 30.4 Å². The van der Waals surface area contributed by atoms with Crippen molar-refractivity contribution in [3.05, 3.63) is 35.9 Å². The molecule has 2 rings (SSSR count). The molecule has 5 heteroatoms. The van der Waals surface area contributed by atoms with E-state index in [9.17, 15) is 9.59 Å². The summed E-state index contributed by atoms with van der Waals surface area (Å²) in [4.78, 5) is 26.7. The van der Waals surface area contributed by atoms with Crippen LogP contribution in [0.5, 0.6) is 0 Å². The number of amides is 2. The van der Waals surface area contributed by atoms with E-state index in [0.717, 1.165) is 19.3 Å². The van der Waals surface area contributed by atoms with Crippen LogP contribution in [0.4, 0.5) is 0 Å². The van der Waals surface area contributed by atoms with Crippen LogP contribution in [-0.4, -0.2) is 47.6 Å². The molecular weight excluding hydrogens is 292 g/mol. The number of carbonyl (C=O) groups is 2. The summed E-state index contributed by atoms with van der Waals surface area (Å²) in [5.74, 6) is -0.175. The summed E-state index contributed by atoms with van der Waals surface area (Å²) in [5.41, 5.74) is 0.667. The summed E-state index contributed by atoms with van der Waals surface area (Å²) in [7, 11) is 0. The minimum atomic E-state index is -0.163. The number of carbonyl (C=O) groups excluding carboxylic acids is 2. The first-order chi connectivity index (χ1) is 11.2. The molecule has 0 aromatic heterocycles. The highest BCUT2D eigenvalue weighted by molar-refractivity contribution is 5.94. The number of aliphatic hydroxyl groups is 1. The Morgan fingerprint density at radius 2 is 2.09 bits per heavy atom. The van der Waals surface area contributed by atoms with E-state index in [0.29, 0.717) is 25.1 Å². The number of hydrogen-bond acceptors (Lipinski definition) is 3. The first-order valence-electron chi connectivity index (χ1n) is 8.41. The van der Waals surface area contributed by atoms with Crippen molar-refractivity contribution in [2.75, 3.05) is 19.7 Å². The minimum Gasteiger partial charge on any atom is -0.396 e. The van der Waals surface area contributed by atoms with Gasteiger partial charge in [0.15, 0.2) is 0 Å². The second kappa shape index (κ2) is 8.67. The van der Waals surface area contributed by atoms with Crippen molar-refractivity contribution in [3.8, 4) is 0 Å².